The van der Waals surface area contributed by atoms with E-state index in [1.807, 2.05) is 30.3 Å². The largest absolute Gasteiger partial charge is 0.493 e. The van der Waals surface area contributed by atoms with E-state index >= 15 is 0 Å². The van der Waals surface area contributed by atoms with Crippen LogP contribution in [0.5, 0.6) is 11.5 Å². The Morgan fingerprint density at radius 2 is 1.76 bits per heavy atom. The van der Waals surface area contributed by atoms with Crippen LogP contribution < -0.4 is 25.0 Å². The van der Waals surface area contributed by atoms with Crippen LogP contribution in [0, 0.1) is 0 Å². The Morgan fingerprint density at radius 1 is 1.04 bits per heavy atom. The number of aromatic nitrogens is 2. The number of hydrogen-bond donors (Lipinski definition) is 1. The standard InChI is InChI=1S/C18H23N5O2/c1-24-14-6-2-3-7-15(14)25-13-11-23(12-13)17-10-16(19)20-18(21-17)22-8-4-5-9-22/h2-3,6-7,10,13H,4-5,8-9,11-12H2,1H3,(H2,19,20,21). The van der Waals surface area contributed by atoms with Gasteiger partial charge in [-0.2, -0.15) is 9.97 Å². The highest BCUT2D eigenvalue weighted by molar-refractivity contribution is 5.54. The smallest absolute Gasteiger partial charge is 0.229 e. The molecule has 3 heterocycles. The van der Waals surface area contributed by atoms with Gasteiger partial charge in [0.25, 0.3) is 0 Å². The van der Waals surface area contributed by atoms with E-state index in [1.54, 1.807) is 7.11 Å². The molecule has 0 atom stereocenters. The van der Waals surface area contributed by atoms with Crippen LogP contribution in [-0.4, -0.2) is 49.4 Å². The van der Waals surface area contributed by atoms with Gasteiger partial charge >= 0.3 is 0 Å². The zero-order valence-electron chi connectivity index (χ0n) is 14.4. The fraction of sp³-hybridized carbons (Fsp3) is 0.444. The van der Waals surface area contributed by atoms with Gasteiger partial charge in [-0.1, -0.05) is 12.1 Å². The topological polar surface area (TPSA) is 76.7 Å². The number of anilines is 3. The summed E-state index contributed by atoms with van der Waals surface area (Å²) in [6.07, 6.45) is 2.49. The Morgan fingerprint density at radius 3 is 2.48 bits per heavy atom. The predicted molar refractivity (Wildman–Crippen MR) is 97.5 cm³/mol. The first-order valence-electron chi connectivity index (χ1n) is 8.67. The molecule has 0 spiro atoms. The van der Waals surface area contributed by atoms with E-state index in [1.165, 1.54) is 12.8 Å². The van der Waals surface area contributed by atoms with Gasteiger partial charge in [0.15, 0.2) is 11.5 Å². The molecule has 2 aliphatic rings. The minimum Gasteiger partial charge on any atom is -0.493 e. The van der Waals surface area contributed by atoms with Gasteiger partial charge in [0.1, 0.15) is 17.7 Å². The van der Waals surface area contributed by atoms with Crippen molar-refractivity contribution in [3.05, 3.63) is 30.3 Å². The first-order valence-corrected chi connectivity index (χ1v) is 8.67. The molecular formula is C18H23N5O2. The molecule has 0 saturated carbocycles. The number of benzene rings is 1. The number of ether oxygens (including phenoxy) is 2. The molecule has 4 rings (SSSR count). The van der Waals surface area contributed by atoms with E-state index in [4.69, 9.17) is 20.2 Å². The Labute approximate surface area is 147 Å². The van der Waals surface area contributed by atoms with Gasteiger partial charge in [0.05, 0.1) is 20.2 Å². The molecule has 2 aromatic rings. The molecule has 2 saturated heterocycles. The van der Waals surface area contributed by atoms with Gasteiger partial charge in [0, 0.05) is 19.2 Å². The molecule has 2 N–H and O–H groups in total. The van der Waals surface area contributed by atoms with E-state index in [0.29, 0.717) is 5.82 Å². The zero-order valence-corrected chi connectivity index (χ0v) is 14.4. The highest BCUT2D eigenvalue weighted by Crippen LogP contribution is 2.30. The minimum absolute atomic E-state index is 0.114. The lowest BCUT2D eigenvalue weighted by Gasteiger charge is -2.40. The average Bonchev–Trinajstić information content (AvgIpc) is 3.12. The Bertz CT molecular complexity index is 742. The summed E-state index contributed by atoms with van der Waals surface area (Å²) in [6, 6.07) is 9.54. The van der Waals surface area contributed by atoms with Crippen molar-refractivity contribution in [1.29, 1.82) is 0 Å². The van der Waals surface area contributed by atoms with E-state index in [-0.39, 0.29) is 6.10 Å². The van der Waals surface area contributed by atoms with Gasteiger partial charge in [-0.25, -0.2) is 0 Å². The van der Waals surface area contributed by atoms with Crippen LogP contribution in [0.2, 0.25) is 0 Å². The normalized spacial score (nSPS) is 17.5. The van der Waals surface area contributed by atoms with Crippen molar-refractivity contribution in [2.75, 3.05) is 48.8 Å². The molecule has 1 aromatic carbocycles. The molecule has 7 nitrogen and oxygen atoms in total. The Balaban J connectivity index is 1.42. The van der Waals surface area contributed by atoms with Gasteiger partial charge in [0.2, 0.25) is 5.95 Å². The molecule has 0 unspecified atom stereocenters. The van der Waals surface area contributed by atoms with E-state index in [0.717, 1.165) is 49.4 Å². The second-order valence-corrected chi connectivity index (χ2v) is 6.44. The first-order chi connectivity index (χ1) is 12.2. The quantitative estimate of drug-likeness (QED) is 0.890. The summed E-state index contributed by atoms with van der Waals surface area (Å²) in [5.74, 6) is 3.65. The lowest BCUT2D eigenvalue weighted by Crippen LogP contribution is -2.54. The van der Waals surface area contributed by atoms with Crippen molar-refractivity contribution in [1.82, 2.24) is 9.97 Å². The summed E-state index contributed by atoms with van der Waals surface area (Å²) in [4.78, 5) is 13.4. The van der Waals surface area contributed by atoms with Crippen molar-refractivity contribution in [2.24, 2.45) is 0 Å². The monoisotopic (exact) mass is 341 g/mol. The molecule has 132 valence electrons. The number of para-hydroxylation sites is 2. The van der Waals surface area contributed by atoms with Crippen LogP contribution in [0.25, 0.3) is 0 Å². The fourth-order valence-corrected chi connectivity index (χ4v) is 3.26. The first kappa shape index (κ1) is 15.8. The summed E-state index contributed by atoms with van der Waals surface area (Å²) < 4.78 is 11.4. The van der Waals surface area contributed by atoms with E-state index in [9.17, 15) is 0 Å². The third-order valence-corrected chi connectivity index (χ3v) is 4.64. The van der Waals surface area contributed by atoms with Crippen LogP contribution in [0.1, 0.15) is 12.8 Å². The molecule has 7 heteroatoms. The number of nitrogens with zero attached hydrogens (tertiary/aromatic N) is 4. The van der Waals surface area contributed by atoms with Gasteiger partial charge in [-0.05, 0) is 25.0 Å². The van der Waals surface area contributed by atoms with Crippen LogP contribution in [0.15, 0.2) is 30.3 Å². The summed E-state index contributed by atoms with van der Waals surface area (Å²) in [7, 11) is 1.65. The number of methoxy groups -OCH3 is 1. The van der Waals surface area contributed by atoms with Crippen molar-refractivity contribution in [3.63, 3.8) is 0 Å². The summed E-state index contributed by atoms with van der Waals surface area (Å²) in [5.41, 5.74) is 5.99. The zero-order chi connectivity index (χ0) is 17.2. The summed E-state index contributed by atoms with van der Waals surface area (Å²) in [6.45, 7) is 3.55. The maximum Gasteiger partial charge on any atom is 0.229 e. The van der Waals surface area contributed by atoms with Crippen LogP contribution in [0.4, 0.5) is 17.6 Å². The van der Waals surface area contributed by atoms with Gasteiger partial charge in [-0.15, -0.1) is 0 Å². The van der Waals surface area contributed by atoms with Crippen molar-refractivity contribution < 1.29 is 9.47 Å². The second-order valence-electron chi connectivity index (χ2n) is 6.44. The number of nitrogen functional groups attached to an aromatic ring is 1. The van der Waals surface area contributed by atoms with Crippen LogP contribution >= 0.6 is 0 Å². The molecule has 0 amide bonds. The molecule has 0 aliphatic carbocycles. The average molecular weight is 341 g/mol. The summed E-state index contributed by atoms with van der Waals surface area (Å²) in [5, 5.41) is 0. The SMILES string of the molecule is COc1ccccc1OC1CN(c2cc(N)nc(N3CCCC3)n2)C1. The van der Waals surface area contributed by atoms with Gasteiger partial charge in [-0.3, -0.25) is 0 Å². The maximum absolute atomic E-state index is 6.03. The number of hydrogen-bond acceptors (Lipinski definition) is 7. The third-order valence-electron chi connectivity index (χ3n) is 4.64. The van der Waals surface area contributed by atoms with Crippen molar-refractivity contribution >= 4 is 17.6 Å². The minimum atomic E-state index is 0.114. The molecule has 25 heavy (non-hydrogen) atoms. The molecule has 2 fully saturated rings. The fourth-order valence-electron chi connectivity index (χ4n) is 3.26. The predicted octanol–water partition coefficient (Wildman–Crippen LogP) is 1.94. The third kappa shape index (κ3) is 3.26. The second kappa shape index (κ2) is 6.66. The molecule has 0 radical (unpaired) electrons. The number of nitrogens with two attached hydrogens (primary N) is 1. The highest BCUT2D eigenvalue weighted by atomic mass is 16.5. The number of rotatable bonds is 5. The maximum atomic E-state index is 6.03. The van der Waals surface area contributed by atoms with E-state index in [2.05, 4.69) is 14.8 Å². The van der Waals surface area contributed by atoms with Crippen molar-refractivity contribution in [3.8, 4) is 11.5 Å². The van der Waals surface area contributed by atoms with Crippen LogP contribution in [-0.2, 0) is 0 Å². The van der Waals surface area contributed by atoms with E-state index < -0.39 is 0 Å². The lowest BCUT2D eigenvalue weighted by atomic mass is 10.1. The molecule has 1 aromatic heterocycles. The van der Waals surface area contributed by atoms with Crippen LogP contribution in [0.3, 0.4) is 0 Å². The highest BCUT2D eigenvalue weighted by Gasteiger charge is 2.31. The van der Waals surface area contributed by atoms with Crippen molar-refractivity contribution in [2.45, 2.75) is 18.9 Å². The van der Waals surface area contributed by atoms with Gasteiger partial charge < -0.3 is 25.0 Å². The Kier molecular flexibility index (Phi) is 4.21. The molecule has 0 bridgehead atoms. The Hall–Kier alpha value is -2.70. The summed E-state index contributed by atoms with van der Waals surface area (Å²) >= 11 is 0. The molecular weight excluding hydrogens is 318 g/mol. The lowest BCUT2D eigenvalue weighted by molar-refractivity contribution is 0.160. The molecule has 2 aliphatic heterocycles.